The lowest BCUT2D eigenvalue weighted by Gasteiger charge is -2.18. The van der Waals surface area contributed by atoms with Crippen molar-refractivity contribution < 1.29 is 4.79 Å². The molecule has 1 amide bonds. The molecule has 0 heterocycles. The SMILES string of the molecule is CN(Cc1ccccc1)C(=O)CCNc1c(Cl)cccc1Cl. The number of hydrogen-bond donors (Lipinski definition) is 1. The van der Waals surface area contributed by atoms with Gasteiger partial charge in [-0.15, -0.1) is 0 Å². The summed E-state index contributed by atoms with van der Waals surface area (Å²) in [5.74, 6) is 0.0690. The van der Waals surface area contributed by atoms with Gasteiger partial charge in [0.25, 0.3) is 0 Å². The average Bonchev–Trinajstić information content (AvgIpc) is 2.51. The zero-order valence-corrected chi connectivity index (χ0v) is 13.9. The molecule has 0 unspecified atom stereocenters. The second kappa shape index (κ2) is 8.06. The fourth-order valence-corrected chi connectivity index (χ4v) is 2.63. The molecule has 2 rings (SSSR count). The Labute approximate surface area is 140 Å². The van der Waals surface area contributed by atoms with Crippen LogP contribution in [0.1, 0.15) is 12.0 Å². The molecule has 1 N–H and O–H groups in total. The molecule has 0 aromatic heterocycles. The monoisotopic (exact) mass is 336 g/mol. The molecular formula is C17H18Cl2N2O. The second-order valence-corrected chi connectivity index (χ2v) is 5.82. The summed E-state index contributed by atoms with van der Waals surface area (Å²) in [4.78, 5) is 13.8. The van der Waals surface area contributed by atoms with Crippen molar-refractivity contribution in [3.05, 3.63) is 64.1 Å². The summed E-state index contributed by atoms with van der Waals surface area (Å²) < 4.78 is 0. The first-order valence-electron chi connectivity index (χ1n) is 7.03. The molecule has 0 radical (unpaired) electrons. The first kappa shape index (κ1) is 16.7. The van der Waals surface area contributed by atoms with Crippen molar-refractivity contribution in [3.8, 4) is 0 Å². The third-order valence-electron chi connectivity index (χ3n) is 3.29. The normalized spacial score (nSPS) is 10.3. The molecule has 0 aliphatic carbocycles. The molecule has 2 aromatic rings. The van der Waals surface area contributed by atoms with Crippen LogP contribution in [0, 0.1) is 0 Å². The standard InChI is InChI=1S/C17H18Cl2N2O/c1-21(12-13-6-3-2-4-7-13)16(22)10-11-20-17-14(18)8-5-9-15(17)19/h2-9,20H,10-12H2,1H3. The predicted octanol–water partition coefficient (Wildman–Crippen LogP) is 4.45. The van der Waals surface area contributed by atoms with Gasteiger partial charge in [0.05, 0.1) is 15.7 Å². The van der Waals surface area contributed by atoms with Crippen molar-refractivity contribution >= 4 is 34.8 Å². The van der Waals surface area contributed by atoms with E-state index in [0.717, 1.165) is 5.56 Å². The van der Waals surface area contributed by atoms with Crippen LogP contribution in [0.4, 0.5) is 5.69 Å². The first-order valence-corrected chi connectivity index (χ1v) is 7.79. The first-order chi connectivity index (χ1) is 10.6. The minimum absolute atomic E-state index is 0.0690. The third kappa shape index (κ3) is 4.65. The molecule has 116 valence electrons. The largest absolute Gasteiger partial charge is 0.382 e. The van der Waals surface area contributed by atoms with Crippen LogP contribution in [-0.2, 0) is 11.3 Å². The number of hydrogen-bond acceptors (Lipinski definition) is 2. The van der Waals surface area contributed by atoms with Crippen molar-refractivity contribution in [1.29, 1.82) is 0 Å². The Morgan fingerprint density at radius 3 is 2.32 bits per heavy atom. The molecule has 0 aliphatic rings. The predicted molar refractivity (Wildman–Crippen MR) is 92.5 cm³/mol. The van der Waals surface area contributed by atoms with Gasteiger partial charge in [-0.25, -0.2) is 0 Å². The van der Waals surface area contributed by atoms with E-state index in [4.69, 9.17) is 23.2 Å². The van der Waals surface area contributed by atoms with Crippen molar-refractivity contribution in [2.45, 2.75) is 13.0 Å². The third-order valence-corrected chi connectivity index (χ3v) is 3.92. The number of halogens is 2. The van der Waals surface area contributed by atoms with Gasteiger partial charge in [0, 0.05) is 26.6 Å². The molecule has 0 bridgehead atoms. The van der Waals surface area contributed by atoms with Crippen LogP contribution in [0.5, 0.6) is 0 Å². The van der Waals surface area contributed by atoms with Gasteiger partial charge in [0.1, 0.15) is 0 Å². The highest BCUT2D eigenvalue weighted by atomic mass is 35.5. The van der Waals surface area contributed by atoms with Crippen LogP contribution in [-0.4, -0.2) is 24.4 Å². The number of rotatable bonds is 6. The van der Waals surface area contributed by atoms with E-state index in [1.165, 1.54) is 0 Å². The smallest absolute Gasteiger partial charge is 0.224 e. The van der Waals surface area contributed by atoms with Crippen LogP contribution in [0.25, 0.3) is 0 Å². The quantitative estimate of drug-likeness (QED) is 0.844. The molecule has 0 saturated carbocycles. The molecule has 2 aromatic carbocycles. The molecule has 0 fully saturated rings. The molecule has 22 heavy (non-hydrogen) atoms. The minimum atomic E-state index is 0.0690. The van der Waals surface area contributed by atoms with Crippen molar-refractivity contribution in [1.82, 2.24) is 4.90 Å². The molecule has 0 spiro atoms. The Kier molecular flexibility index (Phi) is 6.10. The lowest BCUT2D eigenvalue weighted by molar-refractivity contribution is -0.130. The summed E-state index contributed by atoms with van der Waals surface area (Å²) in [7, 11) is 1.80. The summed E-state index contributed by atoms with van der Waals surface area (Å²) in [6, 6.07) is 15.2. The maximum atomic E-state index is 12.1. The molecule has 5 heteroatoms. The van der Waals surface area contributed by atoms with Crippen LogP contribution < -0.4 is 5.32 Å². The fraction of sp³-hybridized carbons (Fsp3) is 0.235. The molecule has 0 saturated heterocycles. The van der Waals surface area contributed by atoms with E-state index in [0.29, 0.717) is 35.2 Å². The summed E-state index contributed by atoms with van der Waals surface area (Å²) >= 11 is 12.1. The number of nitrogens with zero attached hydrogens (tertiary/aromatic N) is 1. The number of nitrogens with one attached hydrogen (secondary N) is 1. The number of para-hydroxylation sites is 1. The number of carbonyl (C=O) groups excluding carboxylic acids is 1. The Hall–Kier alpha value is -1.71. The fourth-order valence-electron chi connectivity index (χ4n) is 2.10. The van der Waals surface area contributed by atoms with Gasteiger partial charge in [-0.05, 0) is 17.7 Å². The van der Waals surface area contributed by atoms with Gasteiger partial charge in [-0.2, -0.15) is 0 Å². The molecule has 0 atom stereocenters. The Morgan fingerprint density at radius 1 is 1.05 bits per heavy atom. The maximum Gasteiger partial charge on any atom is 0.224 e. The van der Waals surface area contributed by atoms with Gasteiger partial charge in [-0.3, -0.25) is 4.79 Å². The summed E-state index contributed by atoms with van der Waals surface area (Å²) in [5, 5.41) is 4.23. The van der Waals surface area contributed by atoms with Gasteiger partial charge in [0.2, 0.25) is 5.91 Å². The second-order valence-electron chi connectivity index (χ2n) is 5.01. The minimum Gasteiger partial charge on any atom is -0.382 e. The average molecular weight is 337 g/mol. The number of anilines is 1. The van der Waals surface area contributed by atoms with Crippen LogP contribution in [0.3, 0.4) is 0 Å². The van der Waals surface area contributed by atoms with E-state index >= 15 is 0 Å². The zero-order valence-electron chi connectivity index (χ0n) is 12.4. The van der Waals surface area contributed by atoms with Gasteiger partial charge in [0.15, 0.2) is 0 Å². The Morgan fingerprint density at radius 2 is 1.68 bits per heavy atom. The number of benzene rings is 2. The van der Waals surface area contributed by atoms with Crippen LogP contribution in [0.2, 0.25) is 10.0 Å². The van der Waals surface area contributed by atoms with E-state index in [1.54, 1.807) is 30.1 Å². The summed E-state index contributed by atoms with van der Waals surface area (Å²) in [5.41, 5.74) is 1.78. The van der Waals surface area contributed by atoms with Crippen molar-refractivity contribution in [2.75, 3.05) is 18.9 Å². The van der Waals surface area contributed by atoms with Crippen molar-refractivity contribution in [2.24, 2.45) is 0 Å². The topological polar surface area (TPSA) is 32.3 Å². The van der Waals surface area contributed by atoms with Crippen LogP contribution in [0.15, 0.2) is 48.5 Å². The van der Waals surface area contributed by atoms with E-state index in [2.05, 4.69) is 5.32 Å². The lowest BCUT2D eigenvalue weighted by atomic mass is 10.2. The highest BCUT2D eigenvalue weighted by molar-refractivity contribution is 6.39. The van der Waals surface area contributed by atoms with E-state index < -0.39 is 0 Å². The number of amides is 1. The molecular weight excluding hydrogens is 319 g/mol. The van der Waals surface area contributed by atoms with Gasteiger partial charge in [-0.1, -0.05) is 59.6 Å². The number of carbonyl (C=O) groups is 1. The van der Waals surface area contributed by atoms with E-state index in [1.807, 2.05) is 30.3 Å². The lowest BCUT2D eigenvalue weighted by Crippen LogP contribution is -2.27. The van der Waals surface area contributed by atoms with Gasteiger partial charge < -0.3 is 10.2 Å². The zero-order chi connectivity index (χ0) is 15.9. The van der Waals surface area contributed by atoms with Gasteiger partial charge >= 0.3 is 0 Å². The van der Waals surface area contributed by atoms with Crippen LogP contribution >= 0.6 is 23.2 Å². The molecule has 0 aliphatic heterocycles. The Balaban J connectivity index is 1.82. The highest BCUT2D eigenvalue weighted by Gasteiger charge is 2.10. The Bertz CT molecular complexity index is 612. The highest BCUT2D eigenvalue weighted by Crippen LogP contribution is 2.29. The van der Waals surface area contributed by atoms with E-state index in [9.17, 15) is 4.79 Å². The molecule has 3 nitrogen and oxygen atoms in total. The summed E-state index contributed by atoms with van der Waals surface area (Å²) in [6.45, 7) is 1.09. The summed E-state index contributed by atoms with van der Waals surface area (Å²) in [6.07, 6.45) is 0.380. The van der Waals surface area contributed by atoms with Crippen molar-refractivity contribution in [3.63, 3.8) is 0 Å². The maximum absolute atomic E-state index is 12.1. The van der Waals surface area contributed by atoms with E-state index in [-0.39, 0.29) is 5.91 Å².